The van der Waals surface area contributed by atoms with Gasteiger partial charge in [-0.2, -0.15) is 0 Å². The Morgan fingerprint density at radius 2 is 1.93 bits per heavy atom. The summed E-state index contributed by atoms with van der Waals surface area (Å²) < 4.78 is 0. The van der Waals surface area contributed by atoms with Crippen molar-refractivity contribution in [3.05, 3.63) is 0 Å². The first kappa shape index (κ1) is 12.0. The fraction of sp³-hybridized carbons (Fsp3) is 0.800. The minimum absolute atomic E-state index is 0.00590. The Kier molecular flexibility index (Phi) is 5.10. The molecule has 15 heavy (non-hydrogen) atoms. The summed E-state index contributed by atoms with van der Waals surface area (Å²) in [7, 11) is 0. The zero-order valence-corrected chi connectivity index (χ0v) is 8.92. The van der Waals surface area contributed by atoms with Gasteiger partial charge in [-0.05, 0) is 12.8 Å². The molecule has 1 rings (SSSR count). The number of amides is 2. The highest BCUT2D eigenvalue weighted by molar-refractivity contribution is 5.78. The van der Waals surface area contributed by atoms with Gasteiger partial charge >= 0.3 is 0 Å². The van der Waals surface area contributed by atoms with E-state index in [1.165, 1.54) is 12.8 Å². The highest BCUT2D eigenvalue weighted by Crippen LogP contribution is 2.17. The number of hydrogen-bond donors (Lipinski definition) is 3. The number of nitrogens with one attached hydrogen (secondary N) is 2. The van der Waals surface area contributed by atoms with E-state index in [0.29, 0.717) is 12.6 Å². The third-order valence-electron chi connectivity index (χ3n) is 2.55. The van der Waals surface area contributed by atoms with Crippen LogP contribution in [0, 0.1) is 0 Å². The van der Waals surface area contributed by atoms with E-state index in [4.69, 9.17) is 5.73 Å². The predicted molar refractivity (Wildman–Crippen MR) is 57.1 cm³/mol. The second-order valence-corrected chi connectivity index (χ2v) is 3.94. The number of hydrogen-bond acceptors (Lipinski definition) is 3. The SMILES string of the molecule is NC(=O)CCNCC(=O)NC1CCCC1. The van der Waals surface area contributed by atoms with Crippen LogP contribution >= 0.6 is 0 Å². The first-order chi connectivity index (χ1) is 7.18. The predicted octanol–water partition coefficient (Wildman–Crippen LogP) is -0.490. The summed E-state index contributed by atoms with van der Waals surface area (Å²) in [5, 5.41) is 5.83. The normalized spacial score (nSPS) is 16.5. The maximum absolute atomic E-state index is 11.4. The molecule has 1 fully saturated rings. The highest BCUT2D eigenvalue weighted by Gasteiger charge is 2.16. The van der Waals surface area contributed by atoms with E-state index in [1.807, 2.05) is 0 Å². The minimum Gasteiger partial charge on any atom is -0.370 e. The van der Waals surface area contributed by atoms with Crippen LogP contribution in [0.4, 0.5) is 0 Å². The lowest BCUT2D eigenvalue weighted by Gasteiger charge is -2.11. The summed E-state index contributed by atoms with van der Waals surface area (Å²) >= 11 is 0. The largest absolute Gasteiger partial charge is 0.370 e. The van der Waals surface area contributed by atoms with E-state index in [2.05, 4.69) is 10.6 Å². The standard InChI is InChI=1S/C10H19N3O2/c11-9(14)5-6-12-7-10(15)13-8-3-1-2-4-8/h8,12H,1-7H2,(H2,11,14)(H,13,15). The van der Waals surface area contributed by atoms with Crippen LogP contribution < -0.4 is 16.4 Å². The first-order valence-electron chi connectivity index (χ1n) is 5.47. The van der Waals surface area contributed by atoms with Crippen molar-refractivity contribution in [2.75, 3.05) is 13.1 Å². The van der Waals surface area contributed by atoms with Gasteiger partial charge in [0.25, 0.3) is 0 Å². The van der Waals surface area contributed by atoms with Crippen LogP contribution in [0.15, 0.2) is 0 Å². The smallest absolute Gasteiger partial charge is 0.234 e. The van der Waals surface area contributed by atoms with Gasteiger partial charge in [0.05, 0.1) is 6.54 Å². The van der Waals surface area contributed by atoms with Gasteiger partial charge in [0.15, 0.2) is 0 Å². The van der Waals surface area contributed by atoms with Crippen molar-refractivity contribution in [3.63, 3.8) is 0 Å². The Morgan fingerprint density at radius 1 is 1.27 bits per heavy atom. The second-order valence-electron chi connectivity index (χ2n) is 3.94. The lowest BCUT2D eigenvalue weighted by Crippen LogP contribution is -2.39. The maximum atomic E-state index is 11.4. The number of carbonyl (C=O) groups excluding carboxylic acids is 2. The quantitative estimate of drug-likeness (QED) is 0.520. The molecule has 2 amide bonds. The van der Waals surface area contributed by atoms with Gasteiger partial charge in [0, 0.05) is 19.0 Å². The summed E-state index contributed by atoms with van der Waals surface area (Å²) in [5.41, 5.74) is 4.96. The Morgan fingerprint density at radius 3 is 2.53 bits per heavy atom. The van der Waals surface area contributed by atoms with Crippen molar-refractivity contribution in [2.45, 2.75) is 38.1 Å². The van der Waals surface area contributed by atoms with Crippen LogP contribution in [-0.4, -0.2) is 30.9 Å². The Hall–Kier alpha value is -1.10. The van der Waals surface area contributed by atoms with Gasteiger partial charge in [-0.1, -0.05) is 12.8 Å². The molecule has 0 saturated heterocycles. The average Bonchev–Trinajstić information content (AvgIpc) is 2.64. The molecule has 0 unspecified atom stereocenters. The molecule has 0 spiro atoms. The van der Waals surface area contributed by atoms with Crippen LogP contribution in [0.25, 0.3) is 0 Å². The summed E-state index contributed by atoms with van der Waals surface area (Å²) in [6, 6.07) is 0.357. The van der Waals surface area contributed by atoms with Gasteiger partial charge < -0.3 is 16.4 Å². The molecule has 1 aliphatic carbocycles. The van der Waals surface area contributed by atoms with Gasteiger partial charge in [-0.15, -0.1) is 0 Å². The van der Waals surface area contributed by atoms with Crippen molar-refractivity contribution in [1.29, 1.82) is 0 Å². The molecular formula is C10H19N3O2. The van der Waals surface area contributed by atoms with Crippen molar-refractivity contribution in [2.24, 2.45) is 5.73 Å². The van der Waals surface area contributed by atoms with Crippen molar-refractivity contribution in [1.82, 2.24) is 10.6 Å². The number of rotatable bonds is 6. The second kappa shape index (κ2) is 6.40. The van der Waals surface area contributed by atoms with Crippen LogP contribution in [0.5, 0.6) is 0 Å². The molecule has 0 radical (unpaired) electrons. The van der Waals surface area contributed by atoms with Crippen molar-refractivity contribution in [3.8, 4) is 0 Å². The molecule has 0 heterocycles. The van der Waals surface area contributed by atoms with Gasteiger partial charge in [0.1, 0.15) is 0 Å². The molecule has 0 aromatic heterocycles. The zero-order chi connectivity index (χ0) is 11.1. The number of carbonyl (C=O) groups is 2. The summed E-state index contributed by atoms with van der Waals surface area (Å²) in [6.45, 7) is 0.733. The Bertz CT molecular complexity index is 225. The fourth-order valence-corrected chi connectivity index (χ4v) is 1.76. The molecule has 0 aromatic carbocycles. The highest BCUT2D eigenvalue weighted by atomic mass is 16.2. The van der Waals surface area contributed by atoms with E-state index in [9.17, 15) is 9.59 Å². The Labute approximate surface area is 89.8 Å². The van der Waals surface area contributed by atoms with Crippen LogP contribution in [-0.2, 0) is 9.59 Å². The van der Waals surface area contributed by atoms with E-state index >= 15 is 0 Å². The summed E-state index contributed by atoms with van der Waals surface area (Å²) in [4.78, 5) is 21.8. The third-order valence-corrected chi connectivity index (χ3v) is 2.55. The average molecular weight is 213 g/mol. The third kappa shape index (κ3) is 5.37. The fourth-order valence-electron chi connectivity index (χ4n) is 1.76. The number of primary amides is 1. The summed E-state index contributed by atoms with van der Waals surface area (Å²) in [6.07, 6.45) is 4.87. The Balaban J connectivity index is 2.00. The molecule has 5 heteroatoms. The van der Waals surface area contributed by atoms with Crippen molar-refractivity contribution >= 4 is 11.8 Å². The van der Waals surface area contributed by atoms with Gasteiger partial charge in [0.2, 0.25) is 11.8 Å². The molecule has 0 aliphatic heterocycles. The maximum Gasteiger partial charge on any atom is 0.234 e. The number of nitrogens with two attached hydrogens (primary N) is 1. The zero-order valence-electron chi connectivity index (χ0n) is 8.92. The van der Waals surface area contributed by atoms with Gasteiger partial charge in [-0.3, -0.25) is 9.59 Å². The molecule has 1 saturated carbocycles. The monoisotopic (exact) mass is 213 g/mol. The molecular weight excluding hydrogens is 194 g/mol. The molecule has 4 N–H and O–H groups in total. The van der Waals surface area contributed by atoms with E-state index in [-0.39, 0.29) is 24.8 Å². The van der Waals surface area contributed by atoms with E-state index in [1.54, 1.807) is 0 Å². The molecule has 0 atom stereocenters. The molecule has 5 nitrogen and oxygen atoms in total. The summed E-state index contributed by atoms with van der Waals surface area (Å²) in [5.74, 6) is -0.343. The first-order valence-corrected chi connectivity index (χ1v) is 5.47. The van der Waals surface area contributed by atoms with Crippen LogP contribution in [0.1, 0.15) is 32.1 Å². The molecule has 86 valence electrons. The van der Waals surface area contributed by atoms with Crippen LogP contribution in [0.2, 0.25) is 0 Å². The van der Waals surface area contributed by atoms with Crippen LogP contribution in [0.3, 0.4) is 0 Å². The molecule has 0 aromatic rings. The van der Waals surface area contributed by atoms with Gasteiger partial charge in [-0.25, -0.2) is 0 Å². The van der Waals surface area contributed by atoms with E-state index in [0.717, 1.165) is 12.8 Å². The topological polar surface area (TPSA) is 84.2 Å². The molecule has 1 aliphatic rings. The minimum atomic E-state index is -0.348. The lowest BCUT2D eigenvalue weighted by atomic mass is 10.2. The lowest BCUT2D eigenvalue weighted by molar-refractivity contribution is -0.121. The van der Waals surface area contributed by atoms with E-state index < -0.39 is 0 Å². The molecule has 0 bridgehead atoms. The van der Waals surface area contributed by atoms with Crippen molar-refractivity contribution < 1.29 is 9.59 Å².